The quantitative estimate of drug-likeness (QED) is 0.760. The van der Waals surface area contributed by atoms with E-state index in [-0.39, 0.29) is 11.7 Å². The summed E-state index contributed by atoms with van der Waals surface area (Å²) >= 11 is 3.98. The van der Waals surface area contributed by atoms with Crippen molar-refractivity contribution in [2.24, 2.45) is 0 Å². The zero-order chi connectivity index (χ0) is 12.0. The molecule has 0 fully saturated rings. The third kappa shape index (κ3) is 4.23. The van der Waals surface area contributed by atoms with E-state index in [0.717, 1.165) is 17.5 Å². The molecule has 88 valence electrons. The summed E-state index contributed by atoms with van der Waals surface area (Å²) in [5.41, 5.74) is 1.98. The van der Waals surface area contributed by atoms with Gasteiger partial charge in [0.15, 0.2) is 0 Å². The lowest BCUT2D eigenvalue weighted by atomic mass is 10.1. The summed E-state index contributed by atoms with van der Waals surface area (Å²) in [4.78, 5) is 11.2. The maximum absolute atomic E-state index is 12.8. The fourth-order valence-electron chi connectivity index (χ4n) is 1.47. The highest BCUT2D eigenvalue weighted by molar-refractivity contribution is 7.80. The van der Waals surface area contributed by atoms with Gasteiger partial charge in [0, 0.05) is 13.0 Å². The van der Waals surface area contributed by atoms with E-state index < -0.39 is 0 Å². The molecule has 0 saturated carbocycles. The lowest BCUT2D eigenvalue weighted by Gasteiger charge is -2.07. The van der Waals surface area contributed by atoms with Gasteiger partial charge < -0.3 is 5.32 Å². The molecule has 16 heavy (non-hydrogen) atoms. The van der Waals surface area contributed by atoms with E-state index in [1.165, 1.54) is 12.1 Å². The molecule has 4 heteroatoms. The van der Waals surface area contributed by atoms with Crippen LogP contribution >= 0.6 is 12.6 Å². The zero-order valence-electron chi connectivity index (χ0n) is 9.29. The van der Waals surface area contributed by atoms with E-state index in [0.29, 0.717) is 18.7 Å². The smallest absolute Gasteiger partial charge is 0.220 e. The molecule has 1 N–H and O–H groups in total. The van der Waals surface area contributed by atoms with Gasteiger partial charge in [-0.15, -0.1) is 0 Å². The largest absolute Gasteiger partial charge is 0.356 e. The maximum atomic E-state index is 12.8. The Morgan fingerprint density at radius 1 is 1.50 bits per heavy atom. The molecule has 0 aromatic heterocycles. The Morgan fingerprint density at radius 3 is 2.88 bits per heavy atom. The Balaban J connectivity index is 2.40. The number of carbonyl (C=O) groups excluding carboxylic acids is 1. The van der Waals surface area contributed by atoms with Crippen molar-refractivity contribution < 1.29 is 9.18 Å². The van der Waals surface area contributed by atoms with E-state index in [4.69, 9.17) is 0 Å². The summed E-state index contributed by atoms with van der Waals surface area (Å²) in [6.45, 7) is 2.45. The first kappa shape index (κ1) is 13.0. The molecule has 2 nitrogen and oxygen atoms in total. The molecular formula is C12H16FNOS. The van der Waals surface area contributed by atoms with Gasteiger partial charge in [-0.3, -0.25) is 4.79 Å². The number of amides is 1. The van der Waals surface area contributed by atoms with Gasteiger partial charge in [-0.25, -0.2) is 4.39 Å². The van der Waals surface area contributed by atoms with Gasteiger partial charge >= 0.3 is 0 Å². The molecule has 1 aromatic rings. The van der Waals surface area contributed by atoms with E-state index in [1.54, 1.807) is 6.07 Å². The van der Waals surface area contributed by atoms with Crippen molar-refractivity contribution in [3.8, 4) is 0 Å². The van der Waals surface area contributed by atoms with Crippen LogP contribution in [-0.4, -0.2) is 18.2 Å². The molecule has 1 amide bonds. The van der Waals surface area contributed by atoms with Crippen molar-refractivity contribution in [3.05, 3.63) is 35.1 Å². The van der Waals surface area contributed by atoms with E-state index >= 15 is 0 Å². The molecule has 1 aromatic carbocycles. The number of hydrogen-bond acceptors (Lipinski definition) is 2. The summed E-state index contributed by atoms with van der Waals surface area (Å²) in [5, 5.41) is 2.79. The fraction of sp³-hybridized carbons (Fsp3) is 0.417. The number of halogens is 1. The maximum Gasteiger partial charge on any atom is 0.220 e. The highest BCUT2D eigenvalue weighted by Crippen LogP contribution is 2.10. The minimum atomic E-state index is -0.222. The molecule has 0 spiro atoms. The van der Waals surface area contributed by atoms with Crippen LogP contribution in [0.1, 0.15) is 17.5 Å². The van der Waals surface area contributed by atoms with Gasteiger partial charge in [-0.1, -0.05) is 6.07 Å². The third-order valence-electron chi connectivity index (χ3n) is 2.36. The van der Waals surface area contributed by atoms with Crippen LogP contribution < -0.4 is 5.32 Å². The zero-order valence-corrected chi connectivity index (χ0v) is 10.2. The van der Waals surface area contributed by atoms with Crippen molar-refractivity contribution in [2.75, 3.05) is 12.3 Å². The Morgan fingerprint density at radius 2 is 2.25 bits per heavy atom. The summed E-state index contributed by atoms with van der Waals surface area (Å²) in [6, 6.07) is 4.71. The average molecular weight is 241 g/mol. The average Bonchev–Trinajstić information content (AvgIpc) is 2.22. The van der Waals surface area contributed by atoms with Gasteiger partial charge in [-0.05, 0) is 42.4 Å². The molecule has 0 bridgehead atoms. The predicted molar refractivity (Wildman–Crippen MR) is 66.3 cm³/mol. The Hall–Kier alpha value is -1.03. The molecule has 0 atom stereocenters. The van der Waals surface area contributed by atoms with Crippen molar-refractivity contribution in [3.63, 3.8) is 0 Å². The number of hydrogen-bond donors (Lipinski definition) is 2. The van der Waals surface area contributed by atoms with Crippen LogP contribution in [0.5, 0.6) is 0 Å². The summed E-state index contributed by atoms with van der Waals surface area (Å²) in [5.74, 6) is 0.344. The van der Waals surface area contributed by atoms with Crippen molar-refractivity contribution >= 4 is 18.5 Å². The van der Waals surface area contributed by atoms with Gasteiger partial charge in [0.05, 0.1) is 0 Å². The predicted octanol–water partition coefficient (Wildman–Crippen LogP) is 2.11. The van der Waals surface area contributed by atoms with Crippen LogP contribution in [0.25, 0.3) is 0 Å². The number of benzene rings is 1. The van der Waals surface area contributed by atoms with Gasteiger partial charge in [-0.2, -0.15) is 12.6 Å². The molecule has 1 rings (SSSR count). The number of nitrogens with one attached hydrogen (secondary N) is 1. The van der Waals surface area contributed by atoms with Crippen molar-refractivity contribution in [1.29, 1.82) is 0 Å². The van der Waals surface area contributed by atoms with E-state index in [2.05, 4.69) is 17.9 Å². The van der Waals surface area contributed by atoms with Crippen LogP contribution in [0, 0.1) is 12.7 Å². The van der Waals surface area contributed by atoms with Crippen LogP contribution in [0.4, 0.5) is 4.39 Å². The molecule has 0 radical (unpaired) electrons. The van der Waals surface area contributed by atoms with Crippen LogP contribution in [0.2, 0.25) is 0 Å². The van der Waals surface area contributed by atoms with Crippen LogP contribution in [-0.2, 0) is 11.2 Å². The van der Waals surface area contributed by atoms with Crippen LogP contribution in [0.15, 0.2) is 18.2 Å². The van der Waals surface area contributed by atoms with Gasteiger partial charge in [0.1, 0.15) is 5.82 Å². The SMILES string of the molecule is Cc1cc(F)ccc1CCNC(=O)CCS. The van der Waals surface area contributed by atoms with Crippen LogP contribution in [0.3, 0.4) is 0 Å². The van der Waals surface area contributed by atoms with Gasteiger partial charge in [0.2, 0.25) is 5.91 Å². The standard InChI is InChI=1S/C12H16FNOS/c1-9-8-11(13)3-2-10(9)4-6-14-12(15)5-7-16/h2-3,8,16H,4-7H2,1H3,(H,14,15). The highest BCUT2D eigenvalue weighted by atomic mass is 32.1. The second-order valence-electron chi connectivity index (χ2n) is 3.64. The highest BCUT2D eigenvalue weighted by Gasteiger charge is 2.02. The van der Waals surface area contributed by atoms with E-state index in [1.807, 2.05) is 6.92 Å². The number of rotatable bonds is 5. The normalized spacial score (nSPS) is 10.2. The second-order valence-corrected chi connectivity index (χ2v) is 4.09. The number of aryl methyl sites for hydroxylation is 1. The minimum Gasteiger partial charge on any atom is -0.356 e. The molecule has 0 unspecified atom stereocenters. The fourth-order valence-corrected chi connectivity index (χ4v) is 1.67. The molecule has 0 saturated heterocycles. The van der Waals surface area contributed by atoms with Crippen molar-refractivity contribution in [1.82, 2.24) is 5.32 Å². The molecule has 0 aliphatic heterocycles. The Bertz CT molecular complexity index is 368. The first-order valence-electron chi connectivity index (χ1n) is 5.26. The second kappa shape index (κ2) is 6.53. The minimum absolute atomic E-state index is 0.00904. The Labute approximate surface area is 101 Å². The molecule has 0 aliphatic rings. The number of carbonyl (C=O) groups is 1. The lowest BCUT2D eigenvalue weighted by molar-refractivity contribution is -0.120. The third-order valence-corrected chi connectivity index (χ3v) is 2.58. The Kier molecular flexibility index (Phi) is 5.32. The van der Waals surface area contributed by atoms with E-state index in [9.17, 15) is 9.18 Å². The monoisotopic (exact) mass is 241 g/mol. The summed E-state index contributed by atoms with van der Waals surface area (Å²) < 4.78 is 12.8. The first-order chi connectivity index (χ1) is 7.63. The lowest BCUT2D eigenvalue weighted by Crippen LogP contribution is -2.25. The summed E-state index contributed by atoms with van der Waals surface area (Å²) in [7, 11) is 0. The molecular weight excluding hydrogens is 225 g/mol. The van der Waals surface area contributed by atoms with Gasteiger partial charge in [0.25, 0.3) is 0 Å². The summed E-state index contributed by atoms with van der Waals surface area (Å²) in [6.07, 6.45) is 1.16. The number of thiol groups is 1. The topological polar surface area (TPSA) is 29.1 Å². The molecule has 0 aliphatic carbocycles. The molecule has 0 heterocycles. The first-order valence-corrected chi connectivity index (χ1v) is 5.89. The van der Waals surface area contributed by atoms with Crippen molar-refractivity contribution in [2.45, 2.75) is 19.8 Å².